The predicted octanol–water partition coefficient (Wildman–Crippen LogP) is 0.205. The number of nitrogens with two attached hydrogens (primary N) is 1. The van der Waals surface area contributed by atoms with E-state index in [1.165, 1.54) is 4.57 Å². The van der Waals surface area contributed by atoms with Crippen LogP contribution in [0.5, 0.6) is 0 Å². The summed E-state index contributed by atoms with van der Waals surface area (Å²) in [7, 11) is 0. The zero-order valence-corrected chi connectivity index (χ0v) is 13.5. The highest BCUT2D eigenvalue weighted by molar-refractivity contribution is 14.1. The summed E-state index contributed by atoms with van der Waals surface area (Å²) in [4.78, 5) is 18.5. The molecule has 3 atom stereocenters. The molecule has 0 radical (unpaired) electrons. The minimum atomic E-state index is -0.814. The molecule has 0 unspecified atom stereocenters. The van der Waals surface area contributed by atoms with Crippen LogP contribution in [0.3, 0.4) is 0 Å². The fourth-order valence-corrected chi connectivity index (χ4v) is 3.48. The van der Waals surface area contributed by atoms with Gasteiger partial charge in [-0.1, -0.05) is 11.6 Å². The Kier molecular flexibility index (Phi) is 3.86. The maximum Gasteiger partial charge on any atom is 0.262 e. The Bertz CT molecular complexity index is 761. The summed E-state index contributed by atoms with van der Waals surface area (Å²) >= 11 is 8.22. The fraction of sp³-hybridized carbons (Fsp3) is 0.455. The van der Waals surface area contributed by atoms with Gasteiger partial charge in [0.15, 0.2) is 5.65 Å². The van der Waals surface area contributed by atoms with Crippen LogP contribution in [0, 0.1) is 3.57 Å². The van der Waals surface area contributed by atoms with E-state index in [4.69, 9.17) is 27.2 Å². The second-order valence-corrected chi connectivity index (χ2v) is 6.18. The molecule has 8 nitrogen and oxygen atoms in total. The number of hydrogen-bond donors (Lipinski definition) is 4. The molecule has 1 saturated heterocycles. The number of aliphatic hydroxyl groups is 2. The van der Waals surface area contributed by atoms with Crippen LogP contribution in [-0.4, -0.2) is 43.6 Å². The molecule has 5 N–H and O–H groups in total. The van der Waals surface area contributed by atoms with E-state index in [0.717, 1.165) is 0 Å². The van der Waals surface area contributed by atoms with Crippen molar-refractivity contribution in [1.29, 1.82) is 0 Å². The molecular formula is C11H12ClIN4O4. The maximum absolute atomic E-state index is 12.0. The molecule has 3 rings (SSSR count). The SMILES string of the molecule is Nc1nc2c(c(I)c(Cl)n2[C@@H]2C[C@H](O)[C@@H](CO)O2)c(=O)[nH]1. The lowest BCUT2D eigenvalue weighted by Gasteiger charge is -2.15. The second-order valence-electron chi connectivity index (χ2n) is 4.74. The molecule has 1 aliphatic rings. The molecule has 114 valence electrons. The van der Waals surface area contributed by atoms with E-state index in [1.54, 1.807) is 0 Å². The van der Waals surface area contributed by atoms with Crippen molar-refractivity contribution >= 4 is 51.2 Å². The van der Waals surface area contributed by atoms with Gasteiger partial charge in [-0.15, -0.1) is 0 Å². The van der Waals surface area contributed by atoms with Crippen molar-refractivity contribution in [3.05, 3.63) is 19.1 Å². The monoisotopic (exact) mass is 426 g/mol. The topological polar surface area (TPSA) is 126 Å². The lowest BCUT2D eigenvalue weighted by molar-refractivity contribution is -0.0429. The molecule has 2 aromatic heterocycles. The van der Waals surface area contributed by atoms with Crippen molar-refractivity contribution in [2.45, 2.75) is 24.9 Å². The van der Waals surface area contributed by atoms with Gasteiger partial charge in [-0.3, -0.25) is 14.3 Å². The van der Waals surface area contributed by atoms with Crippen molar-refractivity contribution < 1.29 is 14.9 Å². The Morgan fingerprint density at radius 2 is 2.33 bits per heavy atom. The second kappa shape index (κ2) is 5.39. The van der Waals surface area contributed by atoms with Gasteiger partial charge in [0, 0.05) is 6.42 Å². The third kappa shape index (κ3) is 2.32. The number of halogens is 2. The Hall–Kier alpha value is -0.880. The van der Waals surface area contributed by atoms with Gasteiger partial charge in [-0.2, -0.15) is 4.98 Å². The summed E-state index contributed by atoms with van der Waals surface area (Å²) in [6, 6.07) is 0. The number of ether oxygens (including phenoxy) is 1. The number of nitrogen functional groups attached to an aromatic ring is 1. The van der Waals surface area contributed by atoms with Gasteiger partial charge < -0.3 is 20.7 Å². The maximum atomic E-state index is 12.0. The number of anilines is 1. The highest BCUT2D eigenvalue weighted by Crippen LogP contribution is 2.37. The van der Waals surface area contributed by atoms with Crippen LogP contribution >= 0.6 is 34.2 Å². The number of fused-ring (bicyclic) bond motifs is 1. The van der Waals surface area contributed by atoms with E-state index in [-0.39, 0.29) is 29.7 Å². The van der Waals surface area contributed by atoms with E-state index in [0.29, 0.717) is 14.6 Å². The molecule has 0 aromatic carbocycles. The van der Waals surface area contributed by atoms with Gasteiger partial charge in [0.25, 0.3) is 5.56 Å². The van der Waals surface area contributed by atoms with E-state index in [2.05, 4.69) is 9.97 Å². The number of nitrogens with zero attached hydrogens (tertiary/aromatic N) is 2. The number of aromatic nitrogens is 3. The van der Waals surface area contributed by atoms with Crippen molar-refractivity contribution in [3.8, 4) is 0 Å². The standard InChI is InChI=1S/C11H12ClIN4O4/c12-8-7(13)6-9(15-11(14)16-10(6)20)17(8)5-1-3(19)4(2-18)21-5/h3-5,18-19H,1-2H2,(H3,14,15,16,20)/t3-,4+,5-/m0/s1. The first-order valence-corrected chi connectivity index (χ1v) is 7.58. The van der Waals surface area contributed by atoms with Crippen LogP contribution in [0.4, 0.5) is 5.95 Å². The van der Waals surface area contributed by atoms with Gasteiger partial charge in [-0.05, 0) is 22.6 Å². The van der Waals surface area contributed by atoms with Gasteiger partial charge in [0.1, 0.15) is 17.5 Å². The molecule has 0 amide bonds. The third-order valence-electron chi connectivity index (χ3n) is 3.43. The number of hydrogen-bond acceptors (Lipinski definition) is 6. The summed E-state index contributed by atoms with van der Waals surface area (Å²) in [5.74, 6) is -0.0310. The number of H-pyrrole nitrogens is 1. The molecule has 0 spiro atoms. The smallest absolute Gasteiger partial charge is 0.262 e. The van der Waals surface area contributed by atoms with Crippen LogP contribution in [-0.2, 0) is 4.74 Å². The molecule has 21 heavy (non-hydrogen) atoms. The Labute approximate surface area is 137 Å². The normalized spacial score (nSPS) is 25.8. The highest BCUT2D eigenvalue weighted by atomic mass is 127. The molecule has 0 aliphatic carbocycles. The minimum Gasteiger partial charge on any atom is -0.394 e. The third-order valence-corrected chi connectivity index (χ3v) is 5.17. The first-order valence-electron chi connectivity index (χ1n) is 6.13. The average Bonchev–Trinajstić information content (AvgIpc) is 2.89. The number of nitrogens with one attached hydrogen (secondary N) is 1. The zero-order valence-electron chi connectivity index (χ0n) is 10.6. The van der Waals surface area contributed by atoms with Crippen molar-refractivity contribution in [2.24, 2.45) is 0 Å². The molecular weight excluding hydrogens is 415 g/mol. The van der Waals surface area contributed by atoms with E-state index < -0.39 is 18.4 Å². The molecule has 0 saturated carbocycles. The predicted molar refractivity (Wildman–Crippen MR) is 84.1 cm³/mol. The fourth-order valence-electron chi connectivity index (χ4n) is 2.45. The minimum absolute atomic E-state index is 0.0310. The summed E-state index contributed by atoms with van der Waals surface area (Å²) in [5.41, 5.74) is 5.48. The summed E-state index contributed by atoms with van der Waals surface area (Å²) < 4.78 is 7.62. The van der Waals surface area contributed by atoms with Crippen LogP contribution in [0.15, 0.2) is 4.79 Å². The van der Waals surface area contributed by atoms with Crippen molar-refractivity contribution in [2.75, 3.05) is 12.3 Å². The summed E-state index contributed by atoms with van der Waals surface area (Å²) in [6.45, 7) is -0.304. The van der Waals surface area contributed by atoms with Crippen LogP contribution in [0.2, 0.25) is 5.15 Å². The molecule has 10 heteroatoms. The molecule has 0 bridgehead atoms. The van der Waals surface area contributed by atoms with Gasteiger partial charge in [-0.25, -0.2) is 0 Å². The van der Waals surface area contributed by atoms with Gasteiger partial charge in [0.2, 0.25) is 5.95 Å². The quantitative estimate of drug-likeness (QED) is 0.509. The van der Waals surface area contributed by atoms with Gasteiger partial charge >= 0.3 is 0 Å². The van der Waals surface area contributed by atoms with Crippen LogP contribution < -0.4 is 11.3 Å². The Balaban J connectivity index is 2.20. The average molecular weight is 427 g/mol. The highest BCUT2D eigenvalue weighted by Gasteiger charge is 2.37. The zero-order chi connectivity index (χ0) is 15.3. The largest absolute Gasteiger partial charge is 0.394 e. The first kappa shape index (κ1) is 15.0. The number of aromatic amines is 1. The molecule has 1 aliphatic heterocycles. The van der Waals surface area contributed by atoms with E-state index >= 15 is 0 Å². The van der Waals surface area contributed by atoms with Crippen LogP contribution in [0.25, 0.3) is 11.0 Å². The Morgan fingerprint density at radius 1 is 1.62 bits per heavy atom. The lowest BCUT2D eigenvalue weighted by Crippen LogP contribution is -2.24. The van der Waals surface area contributed by atoms with Gasteiger partial charge in [0.05, 0.1) is 21.7 Å². The molecule has 1 fully saturated rings. The van der Waals surface area contributed by atoms with Crippen LogP contribution in [0.1, 0.15) is 12.6 Å². The molecule has 2 aromatic rings. The summed E-state index contributed by atoms with van der Waals surface area (Å²) in [6.07, 6.45) is -1.89. The number of aliphatic hydroxyl groups excluding tert-OH is 2. The Morgan fingerprint density at radius 3 is 2.95 bits per heavy atom. The number of rotatable bonds is 2. The first-order chi connectivity index (χ1) is 9.93. The lowest BCUT2D eigenvalue weighted by atomic mass is 10.2. The van der Waals surface area contributed by atoms with E-state index in [9.17, 15) is 9.90 Å². The van der Waals surface area contributed by atoms with Crippen molar-refractivity contribution in [1.82, 2.24) is 14.5 Å². The van der Waals surface area contributed by atoms with Crippen molar-refractivity contribution in [3.63, 3.8) is 0 Å². The van der Waals surface area contributed by atoms with E-state index in [1.807, 2.05) is 22.6 Å². The molecule has 3 heterocycles. The summed E-state index contributed by atoms with van der Waals surface area (Å²) in [5, 5.41) is 19.6.